The van der Waals surface area contributed by atoms with Gasteiger partial charge in [0.15, 0.2) is 5.15 Å². The normalized spacial score (nSPS) is 13.5. The van der Waals surface area contributed by atoms with Crippen LogP contribution in [0.15, 0.2) is 18.6 Å². The SMILES string of the molecule is CCC(CC(C)C)c1ncc2c(Cl)nccn12. The van der Waals surface area contributed by atoms with E-state index in [9.17, 15) is 0 Å². The number of hydrogen-bond acceptors (Lipinski definition) is 2. The first-order valence-electron chi connectivity index (χ1n) is 6.11. The third-order valence-corrected chi connectivity index (χ3v) is 3.35. The molecule has 2 heterocycles. The van der Waals surface area contributed by atoms with Gasteiger partial charge in [-0.2, -0.15) is 0 Å². The van der Waals surface area contributed by atoms with Crippen molar-refractivity contribution in [3.05, 3.63) is 29.6 Å². The first-order chi connectivity index (χ1) is 8.13. The molecule has 4 heteroatoms. The smallest absolute Gasteiger partial charge is 0.154 e. The average Bonchev–Trinajstić information content (AvgIpc) is 2.71. The molecule has 0 amide bonds. The summed E-state index contributed by atoms with van der Waals surface area (Å²) in [6.45, 7) is 6.69. The molecule has 0 aliphatic rings. The van der Waals surface area contributed by atoms with Crippen LogP contribution in [0.4, 0.5) is 0 Å². The monoisotopic (exact) mass is 251 g/mol. The van der Waals surface area contributed by atoms with E-state index >= 15 is 0 Å². The van der Waals surface area contributed by atoms with Crippen LogP contribution in [0.2, 0.25) is 5.15 Å². The fraction of sp³-hybridized carbons (Fsp3) is 0.538. The van der Waals surface area contributed by atoms with Gasteiger partial charge >= 0.3 is 0 Å². The summed E-state index contributed by atoms with van der Waals surface area (Å²) >= 11 is 6.05. The van der Waals surface area contributed by atoms with E-state index in [1.54, 1.807) is 6.20 Å². The van der Waals surface area contributed by atoms with Gasteiger partial charge in [-0.3, -0.25) is 4.40 Å². The van der Waals surface area contributed by atoms with E-state index in [2.05, 4.69) is 35.1 Å². The van der Waals surface area contributed by atoms with Gasteiger partial charge in [0, 0.05) is 18.3 Å². The van der Waals surface area contributed by atoms with E-state index in [4.69, 9.17) is 11.6 Å². The van der Waals surface area contributed by atoms with Crippen molar-refractivity contribution in [3.8, 4) is 0 Å². The number of aromatic nitrogens is 3. The lowest BCUT2D eigenvalue weighted by Crippen LogP contribution is -2.06. The van der Waals surface area contributed by atoms with Crippen molar-refractivity contribution in [2.45, 2.75) is 39.5 Å². The van der Waals surface area contributed by atoms with Crippen LogP contribution in [0, 0.1) is 5.92 Å². The minimum absolute atomic E-state index is 0.482. The number of halogens is 1. The first kappa shape index (κ1) is 12.4. The van der Waals surface area contributed by atoms with Gasteiger partial charge in [0.1, 0.15) is 11.3 Å². The molecule has 0 aromatic carbocycles. The highest BCUT2D eigenvalue weighted by molar-refractivity contribution is 6.32. The summed E-state index contributed by atoms with van der Waals surface area (Å²) in [6.07, 6.45) is 7.72. The van der Waals surface area contributed by atoms with Gasteiger partial charge in [-0.15, -0.1) is 0 Å². The molecule has 0 saturated heterocycles. The Morgan fingerprint density at radius 2 is 2.12 bits per heavy atom. The Hall–Kier alpha value is -1.09. The van der Waals surface area contributed by atoms with Crippen LogP contribution < -0.4 is 0 Å². The summed E-state index contributed by atoms with van der Waals surface area (Å²) in [4.78, 5) is 8.59. The van der Waals surface area contributed by atoms with Crippen LogP contribution in [0.1, 0.15) is 45.4 Å². The van der Waals surface area contributed by atoms with Gasteiger partial charge in [0.2, 0.25) is 0 Å². The molecule has 2 aromatic heterocycles. The molecule has 0 fully saturated rings. The van der Waals surface area contributed by atoms with Gasteiger partial charge in [0.05, 0.1) is 6.20 Å². The van der Waals surface area contributed by atoms with Gasteiger partial charge < -0.3 is 0 Å². The highest BCUT2D eigenvalue weighted by Crippen LogP contribution is 2.27. The van der Waals surface area contributed by atoms with Gasteiger partial charge in [-0.1, -0.05) is 32.4 Å². The summed E-state index contributed by atoms with van der Waals surface area (Å²) < 4.78 is 2.06. The minimum atomic E-state index is 0.482. The summed E-state index contributed by atoms with van der Waals surface area (Å²) in [6, 6.07) is 0. The average molecular weight is 252 g/mol. The first-order valence-corrected chi connectivity index (χ1v) is 6.48. The Bertz CT molecular complexity index is 504. The number of rotatable bonds is 4. The van der Waals surface area contributed by atoms with Crippen molar-refractivity contribution >= 4 is 17.1 Å². The van der Waals surface area contributed by atoms with E-state index in [0.717, 1.165) is 24.2 Å². The second-order valence-electron chi connectivity index (χ2n) is 4.82. The zero-order valence-electron chi connectivity index (χ0n) is 10.5. The van der Waals surface area contributed by atoms with E-state index < -0.39 is 0 Å². The van der Waals surface area contributed by atoms with E-state index in [-0.39, 0.29) is 0 Å². The van der Waals surface area contributed by atoms with Crippen LogP contribution in [0.25, 0.3) is 5.52 Å². The van der Waals surface area contributed by atoms with Gasteiger partial charge in [0.25, 0.3) is 0 Å². The van der Waals surface area contributed by atoms with Crippen LogP contribution in [0.5, 0.6) is 0 Å². The molecular formula is C13H18ClN3. The maximum Gasteiger partial charge on any atom is 0.154 e. The molecule has 0 saturated carbocycles. The van der Waals surface area contributed by atoms with Crippen molar-refractivity contribution in [1.82, 2.24) is 14.4 Å². The molecule has 0 aliphatic carbocycles. The Kier molecular flexibility index (Phi) is 3.67. The van der Waals surface area contributed by atoms with Crippen molar-refractivity contribution in [2.24, 2.45) is 5.92 Å². The molecule has 17 heavy (non-hydrogen) atoms. The summed E-state index contributed by atoms with van der Waals surface area (Å²) in [5.41, 5.74) is 0.895. The van der Waals surface area contributed by atoms with Crippen LogP contribution in [-0.2, 0) is 0 Å². The Labute approximate surface area is 107 Å². The number of imidazole rings is 1. The third-order valence-electron chi connectivity index (χ3n) is 3.05. The second-order valence-corrected chi connectivity index (χ2v) is 5.18. The lowest BCUT2D eigenvalue weighted by atomic mass is 9.94. The molecule has 1 atom stereocenters. The lowest BCUT2D eigenvalue weighted by molar-refractivity contribution is 0.471. The third kappa shape index (κ3) is 2.44. The van der Waals surface area contributed by atoms with Crippen LogP contribution >= 0.6 is 11.6 Å². The molecule has 3 nitrogen and oxygen atoms in total. The van der Waals surface area contributed by atoms with E-state index in [0.29, 0.717) is 17.0 Å². The largest absolute Gasteiger partial charge is 0.299 e. The lowest BCUT2D eigenvalue weighted by Gasteiger charge is -2.16. The number of fused-ring (bicyclic) bond motifs is 1. The summed E-state index contributed by atoms with van der Waals surface area (Å²) in [7, 11) is 0. The number of hydrogen-bond donors (Lipinski definition) is 0. The highest BCUT2D eigenvalue weighted by Gasteiger charge is 2.17. The molecule has 1 unspecified atom stereocenters. The second kappa shape index (κ2) is 5.05. The van der Waals surface area contributed by atoms with Crippen molar-refractivity contribution in [3.63, 3.8) is 0 Å². The molecule has 0 radical (unpaired) electrons. The quantitative estimate of drug-likeness (QED) is 0.824. The molecule has 92 valence electrons. The Morgan fingerprint density at radius 3 is 2.76 bits per heavy atom. The number of nitrogens with zero attached hydrogens (tertiary/aromatic N) is 3. The molecule has 2 rings (SSSR count). The van der Waals surface area contributed by atoms with Crippen molar-refractivity contribution in [2.75, 3.05) is 0 Å². The van der Waals surface area contributed by atoms with Crippen LogP contribution in [-0.4, -0.2) is 14.4 Å². The maximum absolute atomic E-state index is 6.05. The standard InChI is InChI=1S/C13H18ClN3/c1-4-10(7-9(2)3)13-16-8-11-12(14)15-5-6-17(11)13/h5-6,8-10H,4,7H2,1-3H3. The molecule has 0 aliphatic heterocycles. The maximum atomic E-state index is 6.05. The summed E-state index contributed by atoms with van der Waals surface area (Å²) in [5.74, 6) is 2.25. The molecule has 0 N–H and O–H groups in total. The van der Waals surface area contributed by atoms with E-state index in [1.165, 1.54) is 0 Å². The molecule has 2 aromatic rings. The molecule has 0 bridgehead atoms. The summed E-state index contributed by atoms with van der Waals surface area (Å²) in [5, 5.41) is 0.519. The minimum Gasteiger partial charge on any atom is -0.299 e. The zero-order valence-corrected chi connectivity index (χ0v) is 11.3. The van der Waals surface area contributed by atoms with Crippen molar-refractivity contribution < 1.29 is 0 Å². The van der Waals surface area contributed by atoms with Crippen molar-refractivity contribution in [1.29, 1.82) is 0 Å². The predicted octanol–water partition coefficient (Wildman–Crippen LogP) is 3.92. The van der Waals surface area contributed by atoms with Crippen LogP contribution in [0.3, 0.4) is 0 Å². The zero-order chi connectivity index (χ0) is 12.4. The Balaban J connectivity index is 2.44. The molecular weight excluding hydrogens is 234 g/mol. The van der Waals surface area contributed by atoms with E-state index in [1.807, 2.05) is 12.4 Å². The topological polar surface area (TPSA) is 30.2 Å². The predicted molar refractivity (Wildman–Crippen MR) is 70.5 cm³/mol. The molecule has 0 spiro atoms. The van der Waals surface area contributed by atoms with Gasteiger partial charge in [-0.05, 0) is 18.8 Å². The van der Waals surface area contributed by atoms with Gasteiger partial charge in [-0.25, -0.2) is 9.97 Å². The highest BCUT2D eigenvalue weighted by atomic mass is 35.5. The fourth-order valence-corrected chi connectivity index (χ4v) is 2.44. The fourth-order valence-electron chi connectivity index (χ4n) is 2.24. The Morgan fingerprint density at radius 1 is 1.35 bits per heavy atom.